The summed E-state index contributed by atoms with van der Waals surface area (Å²) in [6.07, 6.45) is 2.92. The Hall–Kier alpha value is -1.42. The van der Waals surface area contributed by atoms with Gasteiger partial charge in [0.15, 0.2) is 0 Å². The van der Waals surface area contributed by atoms with Crippen LogP contribution in [-0.4, -0.2) is 16.1 Å². The fraction of sp³-hybridized carbons (Fsp3) is 0.250. The topological polar surface area (TPSA) is 76.2 Å². The number of nitrogens with two attached hydrogens (primary N) is 1. The van der Waals surface area contributed by atoms with Gasteiger partial charge in [-0.1, -0.05) is 0 Å². The molecule has 0 saturated heterocycles. The first-order chi connectivity index (χ1) is 5.63. The number of hydrogen-bond donors (Lipinski definition) is 2. The van der Waals surface area contributed by atoms with Crippen LogP contribution in [-0.2, 0) is 0 Å². The monoisotopic (exact) mass is 166 g/mol. The quantitative estimate of drug-likeness (QED) is 0.681. The summed E-state index contributed by atoms with van der Waals surface area (Å²) in [5, 5.41) is 8.73. The standard InChI is InChI=1S/C8H10N2O2/c1-5(9)7-4-10-3-2-6(7)8(11)12/h2-5H,9H2,1H3,(H,11,12)/t5-/m1/s1. The van der Waals surface area contributed by atoms with E-state index in [2.05, 4.69) is 4.98 Å². The largest absolute Gasteiger partial charge is 0.478 e. The maximum atomic E-state index is 10.6. The van der Waals surface area contributed by atoms with Crippen LogP contribution in [0.15, 0.2) is 18.5 Å². The summed E-state index contributed by atoms with van der Waals surface area (Å²) in [7, 11) is 0. The number of carboxylic acid groups (broad SMARTS) is 1. The molecule has 12 heavy (non-hydrogen) atoms. The van der Waals surface area contributed by atoms with Crippen LogP contribution in [0.1, 0.15) is 28.9 Å². The first kappa shape index (κ1) is 8.67. The van der Waals surface area contributed by atoms with E-state index in [-0.39, 0.29) is 11.6 Å². The predicted octanol–water partition coefficient (Wildman–Crippen LogP) is 0.800. The van der Waals surface area contributed by atoms with Crippen molar-refractivity contribution in [3.63, 3.8) is 0 Å². The number of carbonyl (C=O) groups is 1. The average Bonchev–Trinajstić information content (AvgIpc) is 2.04. The van der Waals surface area contributed by atoms with E-state index in [0.717, 1.165) is 0 Å². The van der Waals surface area contributed by atoms with Crippen LogP contribution in [0.5, 0.6) is 0 Å². The third-order valence-corrected chi connectivity index (χ3v) is 1.57. The fourth-order valence-electron chi connectivity index (χ4n) is 0.964. The van der Waals surface area contributed by atoms with Gasteiger partial charge in [0.05, 0.1) is 5.56 Å². The molecule has 0 radical (unpaired) electrons. The summed E-state index contributed by atoms with van der Waals surface area (Å²) in [6.45, 7) is 1.73. The second-order valence-electron chi connectivity index (χ2n) is 2.56. The highest BCUT2D eigenvalue weighted by Gasteiger charge is 2.11. The number of rotatable bonds is 2. The molecular weight excluding hydrogens is 156 g/mol. The minimum absolute atomic E-state index is 0.222. The van der Waals surface area contributed by atoms with Gasteiger partial charge in [-0.2, -0.15) is 0 Å². The molecule has 4 nitrogen and oxygen atoms in total. The van der Waals surface area contributed by atoms with Crippen LogP contribution in [0.2, 0.25) is 0 Å². The number of aromatic carboxylic acids is 1. The van der Waals surface area contributed by atoms with Crippen molar-refractivity contribution in [3.05, 3.63) is 29.6 Å². The Bertz CT molecular complexity index is 297. The van der Waals surface area contributed by atoms with Gasteiger partial charge in [0.25, 0.3) is 0 Å². The molecule has 3 N–H and O–H groups in total. The lowest BCUT2D eigenvalue weighted by molar-refractivity contribution is 0.0695. The van der Waals surface area contributed by atoms with Crippen LogP contribution in [0.3, 0.4) is 0 Å². The average molecular weight is 166 g/mol. The Morgan fingerprint density at radius 1 is 1.75 bits per heavy atom. The highest BCUT2D eigenvalue weighted by molar-refractivity contribution is 5.89. The molecule has 0 aliphatic heterocycles. The first-order valence-corrected chi connectivity index (χ1v) is 3.55. The highest BCUT2D eigenvalue weighted by atomic mass is 16.4. The maximum Gasteiger partial charge on any atom is 0.336 e. The van der Waals surface area contributed by atoms with E-state index in [9.17, 15) is 4.79 Å². The molecule has 0 fully saturated rings. The second kappa shape index (κ2) is 3.32. The summed E-state index contributed by atoms with van der Waals surface area (Å²) in [5.41, 5.74) is 6.33. The van der Waals surface area contributed by atoms with Crippen molar-refractivity contribution in [2.75, 3.05) is 0 Å². The van der Waals surface area contributed by atoms with Gasteiger partial charge in [-0.05, 0) is 13.0 Å². The first-order valence-electron chi connectivity index (χ1n) is 3.55. The van der Waals surface area contributed by atoms with E-state index in [1.807, 2.05) is 0 Å². The van der Waals surface area contributed by atoms with E-state index >= 15 is 0 Å². The summed E-state index contributed by atoms with van der Waals surface area (Å²) in [6, 6.07) is 1.14. The lowest BCUT2D eigenvalue weighted by atomic mass is 10.1. The van der Waals surface area contributed by atoms with Gasteiger partial charge in [0, 0.05) is 24.0 Å². The zero-order valence-corrected chi connectivity index (χ0v) is 6.69. The molecule has 0 aliphatic carbocycles. The molecule has 0 unspecified atom stereocenters. The van der Waals surface area contributed by atoms with E-state index in [1.54, 1.807) is 6.92 Å². The van der Waals surface area contributed by atoms with E-state index in [4.69, 9.17) is 10.8 Å². The van der Waals surface area contributed by atoms with Gasteiger partial charge in [-0.3, -0.25) is 4.98 Å². The molecule has 0 spiro atoms. The Balaban J connectivity index is 3.17. The van der Waals surface area contributed by atoms with Crippen LogP contribution in [0.4, 0.5) is 0 Å². The smallest absolute Gasteiger partial charge is 0.336 e. The SMILES string of the molecule is C[C@@H](N)c1cnccc1C(=O)O. The molecule has 1 heterocycles. The molecule has 64 valence electrons. The van der Waals surface area contributed by atoms with Crippen molar-refractivity contribution < 1.29 is 9.90 Å². The van der Waals surface area contributed by atoms with Crippen molar-refractivity contribution >= 4 is 5.97 Å². The van der Waals surface area contributed by atoms with Crippen molar-refractivity contribution in [3.8, 4) is 0 Å². The van der Waals surface area contributed by atoms with Gasteiger partial charge in [-0.15, -0.1) is 0 Å². The number of aromatic nitrogens is 1. The van der Waals surface area contributed by atoms with Gasteiger partial charge in [0.1, 0.15) is 0 Å². The zero-order chi connectivity index (χ0) is 9.14. The molecule has 1 atom stereocenters. The Labute approximate surface area is 70.0 Å². The van der Waals surface area contributed by atoms with E-state index in [1.165, 1.54) is 18.5 Å². The van der Waals surface area contributed by atoms with Crippen LogP contribution < -0.4 is 5.73 Å². The fourth-order valence-corrected chi connectivity index (χ4v) is 0.964. The molecule has 1 aromatic heterocycles. The second-order valence-corrected chi connectivity index (χ2v) is 2.56. The summed E-state index contributed by atoms with van der Waals surface area (Å²) >= 11 is 0. The summed E-state index contributed by atoms with van der Waals surface area (Å²) in [5.74, 6) is -0.968. The lowest BCUT2D eigenvalue weighted by Gasteiger charge is -2.07. The molecule has 1 aromatic rings. The van der Waals surface area contributed by atoms with Crippen LogP contribution in [0.25, 0.3) is 0 Å². The molecule has 0 saturated carbocycles. The molecular formula is C8H10N2O2. The summed E-state index contributed by atoms with van der Waals surface area (Å²) in [4.78, 5) is 14.4. The number of nitrogens with zero attached hydrogens (tertiary/aromatic N) is 1. The minimum Gasteiger partial charge on any atom is -0.478 e. The number of hydrogen-bond acceptors (Lipinski definition) is 3. The van der Waals surface area contributed by atoms with Crippen LogP contribution in [0, 0.1) is 0 Å². The lowest BCUT2D eigenvalue weighted by Crippen LogP contribution is -2.11. The minimum atomic E-state index is -0.968. The van der Waals surface area contributed by atoms with Gasteiger partial charge < -0.3 is 10.8 Å². The Morgan fingerprint density at radius 3 is 2.83 bits per heavy atom. The molecule has 1 rings (SSSR count). The Morgan fingerprint density at radius 2 is 2.42 bits per heavy atom. The van der Waals surface area contributed by atoms with Crippen molar-refractivity contribution in [1.29, 1.82) is 0 Å². The molecule has 0 aliphatic rings. The van der Waals surface area contributed by atoms with Gasteiger partial charge >= 0.3 is 5.97 Å². The summed E-state index contributed by atoms with van der Waals surface area (Å²) < 4.78 is 0. The third kappa shape index (κ3) is 1.60. The maximum absolute atomic E-state index is 10.6. The highest BCUT2D eigenvalue weighted by Crippen LogP contribution is 2.13. The molecule has 4 heteroatoms. The number of carboxylic acids is 1. The third-order valence-electron chi connectivity index (χ3n) is 1.57. The van der Waals surface area contributed by atoms with Crippen molar-refractivity contribution in [2.45, 2.75) is 13.0 Å². The van der Waals surface area contributed by atoms with Gasteiger partial charge in [-0.25, -0.2) is 4.79 Å². The molecule has 0 amide bonds. The van der Waals surface area contributed by atoms with Crippen molar-refractivity contribution in [1.82, 2.24) is 4.98 Å². The molecule has 0 aromatic carbocycles. The Kier molecular flexibility index (Phi) is 2.40. The van der Waals surface area contributed by atoms with E-state index < -0.39 is 5.97 Å². The predicted molar refractivity (Wildman–Crippen MR) is 43.8 cm³/mol. The molecule has 0 bridgehead atoms. The van der Waals surface area contributed by atoms with E-state index in [0.29, 0.717) is 5.56 Å². The van der Waals surface area contributed by atoms with Crippen molar-refractivity contribution in [2.24, 2.45) is 5.73 Å². The zero-order valence-electron chi connectivity index (χ0n) is 6.69. The van der Waals surface area contributed by atoms with Gasteiger partial charge in [0.2, 0.25) is 0 Å². The number of pyridine rings is 1. The normalized spacial score (nSPS) is 12.5. The van der Waals surface area contributed by atoms with Crippen LogP contribution >= 0.6 is 0 Å².